The molecule has 0 radical (unpaired) electrons. The van der Waals surface area contributed by atoms with Crippen LogP contribution in [0.25, 0.3) is 0 Å². The van der Waals surface area contributed by atoms with E-state index >= 15 is 0 Å². The van der Waals surface area contributed by atoms with E-state index in [1.807, 2.05) is 12.3 Å². The largest absolute Gasteiger partial charge is 0.391 e. The summed E-state index contributed by atoms with van der Waals surface area (Å²) in [6.45, 7) is 3.15. The molecular formula is C13H20N2O. The highest BCUT2D eigenvalue weighted by Gasteiger charge is 2.22. The minimum Gasteiger partial charge on any atom is -0.391 e. The molecule has 1 saturated heterocycles. The van der Waals surface area contributed by atoms with Gasteiger partial charge in [0.1, 0.15) is 0 Å². The number of rotatable bonds is 4. The van der Waals surface area contributed by atoms with Crippen LogP contribution in [-0.2, 0) is 12.8 Å². The molecule has 1 fully saturated rings. The van der Waals surface area contributed by atoms with Gasteiger partial charge < -0.3 is 10.4 Å². The smallest absolute Gasteiger partial charge is 0.0748 e. The van der Waals surface area contributed by atoms with Gasteiger partial charge >= 0.3 is 0 Å². The highest BCUT2D eigenvalue weighted by atomic mass is 16.3. The molecule has 0 amide bonds. The Bertz CT molecular complexity index is 317. The van der Waals surface area contributed by atoms with Gasteiger partial charge in [-0.15, -0.1) is 0 Å². The van der Waals surface area contributed by atoms with Gasteiger partial charge in [0, 0.05) is 24.4 Å². The average molecular weight is 220 g/mol. The Hall–Kier alpha value is -0.930. The molecule has 16 heavy (non-hydrogen) atoms. The lowest BCUT2D eigenvalue weighted by Gasteiger charge is -2.17. The standard InChI is InChI=1S/C13H20N2O/c1-2-10-5-6-11(15-9-10)8-13(16)12-4-3-7-14-12/h5-6,9,12-14,16H,2-4,7-8H2,1H3. The fraction of sp³-hybridized carbons (Fsp3) is 0.615. The molecule has 2 unspecified atom stereocenters. The Balaban J connectivity index is 1.92. The quantitative estimate of drug-likeness (QED) is 0.804. The minimum absolute atomic E-state index is 0.257. The van der Waals surface area contributed by atoms with Crippen molar-refractivity contribution in [2.24, 2.45) is 0 Å². The maximum Gasteiger partial charge on any atom is 0.0748 e. The number of nitrogens with zero attached hydrogens (tertiary/aromatic N) is 1. The number of hydrogen-bond acceptors (Lipinski definition) is 3. The average Bonchev–Trinajstić information content (AvgIpc) is 2.83. The summed E-state index contributed by atoms with van der Waals surface area (Å²) in [5, 5.41) is 13.3. The molecule has 0 aliphatic carbocycles. The maximum absolute atomic E-state index is 10.0. The van der Waals surface area contributed by atoms with E-state index in [-0.39, 0.29) is 12.1 Å². The summed E-state index contributed by atoms with van der Waals surface area (Å²) in [6.07, 6.45) is 5.52. The van der Waals surface area contributed by atoms with Crippen molar-refractivity contribution in [3.63, 3.8) is 0 Å². The van der Waals surface area contributed by atoms with Crippen molar-refractivity contribution in [1.82, 2.24) is 10.3 Å². The third-order valence-corrected chi connectivity index (χ3v) is 3.28. The van der Waals surface area contributed by atoms with Crippen LogP contribution in [0, 0.1) is 0 Å². The van der Waals surface area contributed by atoms with Crippen LogP contribution in [0.2, 0.25) is 0 Å². The van der Waals surface area contributed by atoms with Gasteiger partial charge in [-0.25, -0.2) is 0 Å². The van der Waals surface area contributed by atoms with Gasteiger partial charge in [0.25, 0.3) is 0 Å². The number of hydrogen-bond donors (Lipinski definition) is 2. The monoisotopic (exact) mass is 220 g/mol. The third-order valence-electron chi connectivity index (χ3n) is 3.28. The summed E-state index contributed by atoms with van der Waals surface area (Å²) in [4.78, 5) is 4.37. The Morgan fingerprint density at radius 1 is 1.56 bits per heavy atom. The van der Waals surface area contributed by atoms with E-state index in [1.54, 1.807) is 0 Å². The van der Waals surface area contributed by atoms with E-state index < -0.39 is 0 Å². The molecule has 2 rings (SSSR count). The fourth-order valence-corrected chi connectivity index (χ4v) is 2.18. The molecule has 3 heteroatoms. The van der Waals surface area contributed by atoms with Gasteiger partial charge in [-0.1, -0.05) is 13.0 Å². The number of aromatic nitrogens is 1. The number of aliphatic hydroxyl groups is 1. The van der Waals surface area contributed by atoms with E-state index in [0.717, 1.165) is 25.1 Å². The highest BCUT2D eigenvalue weighted by molar-refractivity contribution is 5.14. The first-order valence-electron chi connectivity index (χ1n) is 6.15. The Labute approximate surface area is 96.9 Å². The second-order valence-electron chi connectivity index (χ2n) is 4.49. The molecule has 1 aromatic rings. The summed E-state index contributed by atoms with van der Waals surface area (Å²) in [7, 11) is 0. The summed E-state index contributed by atoms with van der Waals surface area (Å²) in [5.41, 5.74) is 2.23. The molecule has 1 aliphatic heterocycles. The molecule has 2 heterocycles. The zero-order valence-corrected chi connectivity index (χ0v) is 9.82. The molecule has 0 aromatic carbocycles. The van der Waals surface area contributed by atoms with Gasteiger partial charge in [0.15, 0.2) is 0 Å². The zero-order valence-electron chi connectivity index (χ0n) is 9.82. The summed E-state index contributed by atoms with van der Waals surface area (Å²) >= 11 is 0. The van der Waals surface area contributed by atoms with Crippen molar-refractivity contribution in [3.05, 3.63) is 29.6 Å². The van der Waals surface area contributed by atoms with Gasteiger partial charge in [0.05, 0.1) is 6.10 Å². The van der Waals surface area contributed by atoms with Crippen molar-refractivity contribution >= 4 is 0 Å². The molecule has 2 N–H and O–H groups in total. The van der Waals surface area contributed by atoms with Crippen LogP contribution in [0.15, 0.2) is 18.3 Å². The first-order valence-corrected chi connectivity index (χ1v) is 6.15. The highest BCUT2D eigenvalue weighted by Crippen LogP contribution is 2.13. The summed E-state index contributed by atoms with van der Waals surface area (Å²) in [6, 6.07) is 4.38. The van der Waals surface area contributed by atoms with E-state index in [9.17, 15) is 5.11 Å². The van der Waals surface area contributed by atoms with Crippen LogP contribution in [0.4, 0.5) is 0 Å². The molecule has 1 aliphatic rings. The van der Waals surface area contributed by atoms with Crippen LogP contribution in [0.1, 0.15) is 31.0 Å². The lowest BCUT2D eigenvalue weighted by molar-refractivity contribution is 0.135. The first-order chi connectivity index (χ1) is 7.79. The van der Waals surface area contributed by atoms with Crippen molar-refractivity contribution in [2.45, 2.75) is 44.8 Å². The molecule has 1 aromatic heterocycles. The molecular weight excluding hydrogens is 200 g/mol. The van der Waals surface area contributed by atoms with Gasteiger partial charge in [-0.2, -0.15) is 0 Å². The van der Waals surface area contributed by atoms with E-state index in [4.69, 9.17) is 0 Å². The molecule has 88 valence electrons. The van der Waals surface area contributed by atoms with Crippen LogP contribution in [-0.4, -0.2) is 28.8 Å². The van der Waals surface area contributed by atoms with Crippen molar-refractivity contribution in [3.8, 4) is 0 Å². The van der Waals surface area contributed by atoms with E-state index in [1.165, 1.54) is 12.0 Å². The number of aryl methyl sites for hydroxylation is 1. The summed E-state index contributed by atoms with van der Waals surface area (Å²) < 4.78 is 0. The zero-order chi connectivity index (χ0) is 11.4. The van der Waals surface area contributed by atoms with Crippen molar-refractivity contribution in [1.29, 1.82) is 0 Å². The normalized spacial score (nSPS) is 22.2. The van der Waals surface area contributed by atoms with Crippen molar-refractivity contribution < 1.29 is 5.11 Å². The Kier molecular flexibility index (Phi) is 3.91. The lowest BCUT2D eigenvalue weighted by Crippen LogP contribution is -2.36. The third kappa shape index (κ3) is 2.80. The maximum atomic E-state index is 10.0. The van der Waals surface area contributed by atoms with Crippen LogP contribution >= 0.6 is 0 Å². The number of pyridine rings is 1. The molecule has 0 bridgehead atoms. The second-order valence-corrected chi connectivity index (χ2v) is 4.49. The van der Waals surface area contributed by atoms with Gasteiger partial charge in [0.2, 0.25) is 0 Å². The Morgan fingerprint density at radius 2 is 2.44 bits per heavy atom. The predicted octanol–water partition coefficient (Wildman–Crippen LogP) is 1.30. The first kappa shape index (κ1) is 11.6. The van der Waals surface area contributed by atoms with E-state index in [0.29, 0.717) is 6.42 Å². The SMILES string of the molecule is CCc1ccc(CC(O)C2CCCN2)nc1. The Morgan fingerprint density at radius 3 is 3.00 bits per heavy atom. The van der Waals surface area contributed by atoms with Crippen LogP contribution in [0.3, 0.4) is 0 Å². The topological polar surface area (TPSA) is 45.1 Å². The lowest BCUT2D eigenvalue weighted by atomic mass is 10.0. The van der Waals surface area contributed by atoms with Gasteiger partial charge in [-0.05, 0) is 37.4 Å². The molecule has 0 spiro atoms. The number of aliphatic hydroxyl groups excluding tert-OH is 1. The van der Waals surface area contributed by atoms with E-state index in [2.05, 4.69) is 23.3 Å². The predicted molar refractivity (Wildman–Crippen MR) is 64.4 cm³/mol. The van der Waals surface area contributed by atoms with Crippen LogP contribution in [0.5, 0.6) is 0 Å². The minimum atomic E-state index is -0.303. The van der Waals surface area contributed by atoms with Crippen LogP contribution < -0.4 is 5.32 Å². The van der Waals surface area contributed by atoms with Crippen molar-refractivity contribution in [2.75, 3.05) is 6.54 Å². The van der Waals surface area contributed by atoms with Gasteiger partial charge in [-0.3, -0.25) is 4.98 Å². The fourth-order valence-electron chi connectivity index (χ4n) is 2.18. The summed E-state index contributed by atoms with van der Waals surface area (Å²) in [5.74, 6) is 0. The number of nitrogens with one attached hydrogen (secondary N) is 1. The molecule has 2 atom stereocenters. The molecule has 0 saturated carbocycles. The second kappa shape index (κ2) is 5.41. The molecule has 3 nitrogen and oxygen atoms in total.